The first kappa shape index (κ1) is 17.9. The largest absolute Gasteiger partial charge is 0.351 e. The normalized spacial score (nSPS) is 15.1. The van der Waals surface area contributed by atoms with Gasteiger partial charge in [0.1, 0.15) is 4.88 Å². The van der Waals surface area contributed by atoms with E-state index in [1.807, 2.05) is 13.8 Å². The van der Waals surface area contributed by atoms with Gasteiger partial charge in [0.2, 0.25) is 0 Å². The number of carbonyl (C=O) groups is 2. The molecule has 1 aliphatic heterocycles. The Morgan fingerprint density at radius 2 is 2.00 bits per heavy atom. The van der Waals surface area contributed by atoms with Crippen molar-refractivity contribution in [1.82, 2.24) is 10.4 Å². The number of nitrogens with two attached hydrogens (primary N) is 1. The number of rotatable bonds is 2. The van der Waals surface area contributed by atoms with E-state index in [4.69, 9.17) is 16.2 Å². The highest BCUT2D eigenvalue weighted by Crippen LogP contribution is 2.46. The number of nitriles is 1. The second kappa shape index (κ2) is 6.44. The predicted octanol–water partition coefficient (Wildman–Crippen LogP) is 2.58. The molecule has 4 N–H and O–H groups in total. The molecule has 0 aliphatic carbocycles. The molecule has 0 radical (unpaired) electrons. The summed E-state index contributed by atoms with van der Waals surface area (Å²) in [6, 6.07) is 8.38. The van der Waals surface area contributed by atoms with Crippen molar-refractivity contribution in [2.75, 3.05) is 6.54 Å². The van der Waals surface area contributed by atoms with E-state index in [0.717, 1.165) is 16.0 Å². The van der Waals surface area contributed by atoms with Crippen molar-refractivity contribution in [2.24, 2.45) is 5.73 Å². The fourth-order valence-electron chi connectivity index (χ4n) is 3.34. The Balaban J connectivity index is 2.25. The minimum absolute atomic E-state index is 0.290. The lowest BCUT2D eigenvalue weighted by Crippen LogP contribution is -2.46. The van der Waals surface area contributed by atoms with Gasteiger partial charge in [0, 0.05) is 28.9 Å². The Labute approximate surface area is 154 Å². The first-order valence-electron chi connectivity index (χ1n) is 7.94. The number of primary amides is 1. The average Bonchev–Trinajstić information content (AvgIpc) is 3.01. The van der Waals surface area contributed by atoms with E-state index in [2.05, 4.69) is 6.07 Å². The van der Waals surface area contributed by atoms with E-state index in [-0.39, 0.29) is 5.41 Å². The molecule has 3 rings (SSSR count). The van der Waals surface area contributed by atoms with Gasteiger partial charge in [0.15, 0.2) is 0 Å². The molecular weight excluding hydrogens is 352 g/mol. The standard InChI is InChI=1S/C18H18N4O3S/c1-18(2)9-22(17(20)24)8-12-13(11-5-3-10(7-19)4-6-11)14(16(23)21-25)26-15(12)18/h3-6,25H,8-9H2,1-2H3,(H2,20,24)(H,21,23). The Bertz CT molecular complexity index is 925. The van der Waals surface area contributed by atoms with Gasteiger partial charge >= 0.3 is 6.03 Å². The van der Waals surface area contributed by atoms with Crippen LogP contribution in [0.5, 0.6) is 0 Å². The highest BCUT2D eigenvalue weighted by atomic mass is 32.1. The van der Waals surface area contributed by atoms with E-state index in [1.165, 1.54) is 11.3 Å². The SMILES string of the molecule is CC1(C)CN(C(N)=O)Cc2c1sc(C(=O)NO)c2-c1ccc(C#N)cc1. The molecule has 1 aromatic carbocycles. The van der Waals surface area contributed by atoms with Gasteiger partial charge in [-0.05, 0) is 23.3 Å². The number of fused-ring (bicyclic) bond motifs is 1. The molecule has 3 amide bonds. The summed E-state index contributed by atoms with van der Waals surface area (Å²) >= 11 is 1.30. The minimum Gasteiger partial charge on any atom is -0.351 e. The van der Waals surface area contributed by atoms with Gasteiger partial charge in [-0.3, -0.25) is 10.0 Å². The molecule has 0 spiro atoms. The summed E-state index contributed by atoms with van der Waals surface area (Å²) in [5, 5.41) is 18.1. The van der Waals surface area contributed by atoms with Gasteiger partial charge < -0.3 is 10.6 Å². The van der Waals surface area contributed by atoms with Crippen LogP contribution in [0.3, 0.4) is 0 Å². The number of carbonyl (C=O) groups excluding carboxylic acids is 2. The molecule has 7 nitrogen and oxygen atoms in total. The quantitative estimate of drug-likeness (QED) is 0.556. The van der Waals surface area contributed by atoms with Crippen LogP contribution in [-0.2, 0) is 12.0 Å². The van der Waals surface area contributed by atoms with Crippen LogP contribution in [0.15, 0.2) is 24.3 Å². The number of nitrogens with zero attached hydrogens (tertiary/aromatic N) is 2. The second-order valence-electron chi connectivity index (χ2n) is 6.82. The van der Waals surface area contributed by atoms with E-state index >= 15 is 0 Å². The molecule has 2 heterocycles. The smallest absolute Gasteiger partial charge is 0.315 e. The first-order chi connectivity index (χ1) is 12.3. The summed E-state index contributed by atoms with van der Waals surface area (Å²) in [5.41, 5.74) is 9.55. The van der Waals surface area contributed by atoms with Gasteiger partial charge in [-0.1, -0.05) is 26.0 Å². The molecule has 0 fully saturated rings. The van der Waals surface area contributed by atoms with E-state index < -0.39 is 11.9 Å². The van der Waals surface area contributed by atoms with Crippen LogP contribution in [0.4, 0.5) is 4.79 Å². The van der Waals surface area contributed by atoms with Crippen molar-refractivity contribution in [2.45, 2.75) is 25.8 Å². The molecule has 1 aromatic heterocycles. The van der Waals surface area contributed by atoms with Crippen molar-refractivity contribution in [1.29, 1.82) is 5.26 Å². The van der Waals surface area contributed by atoms with Crippen molar-refractivity contribution in [3.8, 4) is 17.2 Å². The van der Waals surface area contributed by atoms with Gasteiger partial charge in [0.25, 0.3) is 5.91 Å². The second-order valence-corrected chi connectivity index (χ2v) is 7.84. The van der Waals surface area contributed by atoms with Gasteiger partial charge in [0.05, 0.1) is 11.6 Å². The fourth-order valence-corrected chi connectivity index (χ4v) is 4.66. The van der Waals surface area contributed by atoms with Crippen molar-refractivity contribution >= 4 is 23.3 Å². The van der Waals surface area contributed by atoms with E-state index in [9.17, 15) is 9.59 Å². The summed E-state index contributed by atoms with van der Waals surface area (Å²) < 4.78 is 0. The molecule has 0 saturated carbocycles. The molecule has 26 heavy (non-hydrogen) atoms. The average molecular weight is 370 g/mol. The fraction of sp³-hybridized carbons (Fsp3) is 0.278. The van der Waals surface area contributed by atoms with Crippen LogP contribution in [0.2, 0.25) is 0 Å². The lowest BCUT2D eigenvalue weighted by Gasteiger charge is -2.37. The zero-order chi connectivity index (χ0) is 19.1. The van der Waals surface area contributed by atoms with E-state index in [1.54, 1.807) is 34.6 Å². The first-order valence-corrected chi connectivity index (χ1v) is 8.75. The molecule has 8 heteroatoms. The number of thiophene rings is 1. The number of hydrogen-bond donors (Lipinski definition) is 3. The predicted molar refractivity (Wildman–Crippen MR) is 96.7 cm³/mol. The zero-order valence-electron chi connectivity index (χ0n) is 14.4. The third-order valence-corrected chi connectivity index (χ3v) is 6.08. The topological polar surface area (TPSA) is 119 Å². The highest BCUT2D eigenvalue weighted by Gasteiger charge is 2.38. The highest BCUT2D eigenvalue weighted by molar-refractivity contribution is 7.15. The van der Waals surface area contributed by atoms with Crippen LogP contribution in [0.25, 0.3) is 11.1 Å². The summed E-state index contributed by atoms with van der Waals surface area (Å²) in [6.45, 7) is 4.71. The Kier molecular flexibility index (Phi) is 4.44. The van der Waals surface area contributed by atoms with Crippen molar-refractivity contribution < 1.29 is 14.8 Å². The van der Waals surface area contributed by atoms with Crippen LogP contribution in [0.1, 0.15) is 39.5 Å². The van der Waals surface area contributed by atoms with Crippen LogP contribution >= 0.6 is 11.3 Å². The number of urea groups is 1. The van der Waals surface area contributed by atoms with Gasteiger partial charge in [-0.15, -0.1) is 11.3 Å². The van der Waals surface area contributed by atoms with Crippen molar-refractivity contribution in [3.05, 3.63) is 45.1 Å². The molecule has 1 aliphatic rings. The Morgan fingerprint density at radius 1 is 1.35 bits per heavy atom. The number of amides is 3. The van der Waals surface area contributed by atoms with Gasteiger partial charge in [-0.2, -0.15) is 5.26 Å². The zero-order valence-corrected chi connectivity index (χ0v) is 15.2. The number of hydrogen-bond acceptors (Lipinski definition) is 5. The molecular formula is C18H18N4O3S. The summed E-state index contributed by atoms with van der Waals surface area (Å²) in [5.74, 6) is -0.606. The Morgan fingerprint density at radius 3 is 2.54 bits per heavy atom. The van der Waals surface area contributed by atoms with Crippen molar-refractivity contribution in [3.63, 3.8) is 0 Å². The van der Waals surface area contributed by atoms with Crippen LogP contribution in [-0.4, -0.2) is 28.6 Å². The maximum Gasteiger partial charge on any atom is 0.315 e. The Hall–Kier alpha value is -2.89. The van der Waals surface area contributed by atoms with E-state index in [0.29, 0.717) is 29.1 Å². The third kappa shape index (κ3) is 2.92. The molecule has 0 saturated heterocycles. The molecule has 2 aromatic rings. The lowest BCUT2D eigenvalue weighted by molar-refractivity contribution is 0.0711. The summed E-state index contributed by atoms with van der Waals surface area (Å²) in [4.78, 5) is 26.9. The maximum absolute atomic E-state index is 12.3. The van der Waals surface area contributed by atoms with Crippen LogP contribution < -0.4 is 11.2 Å². The summed E-state index contributed by atoms with van der Waals surface area (Å²) in [6.07, 6.45) is 0. The van der Waals surface area contributed by atoms with Crippen LogP contribution in [0, 0.1) is 11.3 Å². The number of benzene rings is 1. The monoisotopic (exact) mass is 370 g/mol. The lowest BCUT2D eigenvalue weighted by atomic mass is 9.82. The number of nitrogens with one attached hydrogen (secondary N) is 1. The molecule has 0 bridgehead atoms. The van der Waals surface area contributed by atoms with Gasteiger partial charge in [-0.25, -0.2) is 10.3 Å². The molecule has 0 unspecified atom stereocenters. The maximum atomic E-state index is 12.3. The molecule has 0 atom stereocenters. The number of hydroxylamine groups is 1. The third-order valence-electron chi connectivity index (χ3n) is 4.48. The minimum atomic E-state index is -0.606. The summed E-state index contributed by atoms with van der Waals surface area (Å²) in [7, 11) is 0. The molecule has 134 valence electrons.